The molecule has 1 aromatic rings. The predicted octanol–water partition coefficient (Wildman–Crippen LogP) is 0.702. The summed E-state index contributed by atoms with van der Waals surface area (Å²) < 4.78 is 39.3. The average molecular weight is 356 g/mol. The van der Waals surface area contributed by atoms with Crippen molar-refractivity contribution in [1.82, 2.24) is 4.72 Å². The number of sulfonamides is 1. The predicted molar refractivity (Wildman–Crippen MR) is 67.5 cm³/mol. The molecule has 0 saturated carbocycles. The molecular weight excluding hydrogens is 345 g/mol. The van der Waals surface area contributed by atoms with Gasteiger partial charge in [0.15, 0.2) is 6.10 Å². The Labute approximate surface area is 117 Å². The largest absolute Gasteiger partial charge is 0.479 e. The number of hydrogen-bond acceptors (Lipinski definition) is 4. The molecule has 0 saturated heterocycles. The number of halogens is 2. The van der Waals surface area contributed by atoms with Gasteiger partial charge in [-0.15, -0.1) is 0 Å². The molecule has 0 aliphatic carbocycles. The highest BCUT2D eigenvalue weighted by atomic mass is 79.9. The standard InChI is InChI=1S/C10H11BrFNO5S/c11-6-1-2-9(7(12)5-6)19(17,18)13-4-3-8(14)10(15)16/h1-2,5,8,13-14H,3-4H2,(H,15,16)/t8-/m0/s1. The molecule has 6 nitrogen and oxygen atoms in total. The van der Waals surface area contributed by atoms with E-state index in [1.54, 1.807) is 0 Å². The monoisotopic (exact) mass is 355 g/mol. The fraction of sp³-hybridized carbons (Fsp3) is 0.300. The maximum atomic E-state index is 13.5. The van der Waals surface area contributed by atoms with E-state index in [4.69, 9.17) is 10.2 Å². The van der Waals surface area contributed by atoms with Crippen molar-refractivity contribution in [2.24, 2.45) is 0 Å². The lowest BCUT2D eigenvalue weighted by molar-refractivity contribution is -0.146. The van der Waals surface area contributed by atoms with Crippen molar-refractivity contribution in [3.63, 3.8) is 0 Å². The van der Waals surface area contributed by atoms with Crippen molar-refractivity contribution < 1.29 is 27.8 Å². The van der Waals surface area contributed by atoms with Crippen molar-refractivity contribution in [2.75, 3.05) is 6.54 Å². The third-order valence-electron chi connectivity index (χ3n) is 2.18. The van der Waals surface area contributed by atoms with E-state index in [2.05, 4.69) is 15.9 Å². The van der Waals surface area contributed by atoms with Crippen LogP contribution in [0.4, 0.5) is 4.39 Å². The Kier molecular flexibility index (Phi) is 5.41. The van der Waals surface area contributed by atoms with E-state index in [1.807, 2.05) is 4.72 Å². The number of aliphatic carboxylic acids is 1. The summed E-state index contributed by atoms with van der Waals surface area (Å²) in [7, 11) is -4.08. The van der Waals surface area contributed by atoms with Gasteiger partial charge in [0.05, 0.1) is 0 Å². The van der Waals surface area contributed by atoms with Gasteiger partial charge in [-0.25, -0.2) is 22.3 Å². The van der Waals surface area contributed by atoms with Gasteiger partial charge in [0.25, 0.3) is 0 Å². The Balaban J connectivity index is 2.74. The van der Waals surface area contributed by atoms with Crippen molar-refractivity contribution in [2.45, 2.75) is 17.4 Å². The lowest BCUT2D eigenvalue weighted by Crippen LogP contribution is -2.30. The third kappa shape index (κ3) is 4.53. The second-order valence-electron chi connectivity index (χ2n) is 3.62. The summed E-state index contributed by atoms with van der Waals surface area (Å²) in [5.41, 5.74) is 0. The van der Waals surface area contributed by atoms with E-state index in [0.717, 1.165) is 12.1 Å². The summed E-state index contributed by atoms with van der Waals surface area (Å²) in [4.78, 5) is 9.78. The molecule has 1 atom stereocenters. The maximum Gasteiger partial charge on any atom is 0.332 e. The van der Waals surface area contributed by atoms with Gasteiger partial charge >= 0.3 is 5.97 Å². The molecule has 0 spiro atoms. The van der Waals surface area contributed by atoms with Crippen LogP contribution in [0.1, 0.15) is 6.42 Å². The minimum Gasteiger partial charge on any atom is -0.479 e. The Bertz CT molecular complexity index is 577. The third-order valence-corrected chi connectivity index (χ3v) is 4.17. The second kappa shape index (κ2) is 6.42. The van der Waals surface area contributed by atoms with E-state index >= 15 is 0 Å². The van der Waals surface area contributed by atoms with Crippen LogP contribution >= 0.6 is 15.9 Å². The molecule has 0 bridgehead atoms. The molecule has 9 heteroatoms. The Morgan fingerprint density at radius 3 is 2.63 bits per heavy atom. The first kappa shape index (κ1) is 16.0. The molecule has 0 radical (unpaired) electrons. The molecule has 1 rings (SSSR count). The van der Waals surface area contributed by atoms with E-state index in [-0.39, 0.29) is 13.0 Å². The molecular formula is C10H11BrFNO5S. The Morgan fingerprint density at radius 2 is 2.11 bits per heavy atom. The number of nitrogens with one attached hydrogen (secondary N) is 1. The first-order chi connectivity index (χ1) is 8.74. The highest BCUT2D eigenvalue weighted by molar-refractivity contribution is 9.10. The molecule has 0 aliphatic heterocycles. The molecule has 0 unspecified atom stereocenters. The maximum absolute atomic E-state index is 13.5. The van der Waals surface area contributed by atoms with Gasteiger partial charge < -0.3 is 10.2 Å². The van der Waals surface area contributed by atoms with Crippen molar-refractivity contribution in [1.29, 1.82) is 0 Å². The highest BCUT2D eigenvalue weighted by Crippen LogP contribution is 2.19. The van der Waals surface area contributed by atoms with Gasteiger partial charge in [0.2, 0.25) is 10.0 Å². The van der Waals surface area contributed by atoms with Crippen molar-refractivity contribution in [3.05, 3.63) is 28.5 Å². The number of hydrogen-bond donors (Lipinski definition) is 3. The number of aliphatic hydroxyl groups is 1. The summed E-state index contributed by atoms with van der Waals surface area (Å²) in [6.07, 6.45) is -1.98. The second-order valence-corrected chi connectivity index (χ2v) is 6.27. The zero-order valence-corrected chi connectivity index (χ0v) is 11.9. The number of carbonyl (C=O) groups is 1. The molecule has 3 N–H and O–H groups in total. The normalized spacial score (nSPS) is 13.2. The van der Waals surface area contributed by atoms with Crippen LogP contribution in [0.5, 0.6) is 0 Å². The molecule has 106 valence electrons. The number of carboxylic acid groups (broad SMARTS) is 1. The highest BCUT2D eigenvalue weighted by Gasteiger charge is 2.20. The average Bonchev–Trinajstić information content (AvgIpc) is 2.27. The summed E-state index contributed by atoms with van der Waals surface area (Å²) in [5.74, 6) is -2.38. The number of aliphatic hydroxyl groups excluding tert-OH is 1. The summed E-state index contributed by atoms with van der Waals surface area (Å²) >= 11 is 3.00. The summed E-state index contributed by atoms with van der Waals surface area (Å²) in [6, 6.07) is 3.44. The molecule has 19 heavy (non-hydrogen) atoms. The van der Waals surface area contributed by atoms with Crippen LogP contribution < -0.4 is 4.72 Å². The quantitative estimate of drug-likeness (QED) is 0.696. The first-order valence-electron chi connectivity index (χ1n) is 5.09. The van der Waals surface area contributed by atoms with Gasteiger partial charge in [-0.05, 0) is 24.6 Å². The fourth-order valence-corrected chi connectivity index (χ4v) is 2.66. The molecule has 1 aromatic carbocycles. The molecule has 0 aliphatic rings. The van der Waals surface area contributed by atoms with Gasteiger partial charge in [-0.3, -0.25) is 0 Å². The summed E-state index contributed by atoms with van der Waals surface area (Å²) in [6.45, 7) is -0.314. The first-order valence-corrected chi connectivity index (χ1v) is 7.37. The number of benzene rings is 1. The van der Waals surface area contributed by atoms with Crippen LogP contribution in [0.3, 0.4) is 0 Å². The molecule has 0 amide bonds. The van der Waals surface area contributed by atoms with Gasteiger partial charge in [0.1, 0.15) is 10.7 Å². The van der Waals surface area contributed by atoms with Crippen molar-refractivity contribution >= 4 is 31.9 Å². The topological polar surface area (TPSA) is 104 Å². The van der Waals surface area contributed by atoms with Crippen LogP contribution in [-0.4, -0.2) is 37.2 Å². The molecule has 0 heterocycles. The zero-order valence-electron chi connectivity index (χ0n) is 9.51. The Morgan fingerprint density at radius 1 is 1.47 bits per heavy atom. The van der Waals surface area contributed by atoms with E-state index in [0.29, 0.717) is 4.47 Å². The van der Waals surface area contributed by atoms with E-state index in [1.165, 1.54) is 6.07 Å². The van der Waals surface area contributed by atoms with Crippen LogP contribution in [0.2, 0.25) is 0 Å². The van der Waals surface area contributed by atoms with Crippen LogP contribution in [0, 0.1) is 5.82 Å². The van der Waals surface area contributed by atoms with Gasteiger partial charge in [0, 0.05) is 11.0 Å². The van der Waals surface area contributed by atoms with Crippen LogP contribution in [0.25, 0.3) is 0 Å². The van der Waals surface area contributed by atoms with Crippen molar-refractivity contribution in [3.8, 4) is 0 Å². The lowest BCUT2D eigenvalue weighted by Gasteiger charge is -2.09. The minimum absolute atomic E-state index is 0.313. The SMILES string of the molecule is O=C(O)[C@@H](O)CCNS(=O)(=O)c1ccc(Br)cc1F. The minimum atomic E-state index is -4.08. The summed E-state index contributed by atoms with van der Waals surface area (Å²) in [5, 5.41) is 17.4. The Hall–Kier alpha value is -1.03. The number of carboxylic acids is 1. The van der Waals surface area contributed by atoms with Crippen LogP contribution in [0.15, 0.2) is 27.6 Å². The molecule has 0 aromatic heterocycles. The fourth-order valence-electron chi connectivity index (χ4n) is 1.22. The lowest BCUT2D eigenvalue weighted by atomic mass is 10.3. The van der Waals surface area contributed by atoms with Gasteiger partial charge in [-0.2, -0.15) is 0 Å². The van der Waals surface area contributed by atoms with Crippen LogP contribution in [-0.2, 0) is 14.8 Å². The zero-order chi connectivity index (χ0) is 14.6. The molecule has 0 fully saturated rings. The van der Waals surface area contributed by atoms with E-state index in [9.17, 15) is 17.6 Å². The number of rotatable bonds is 6. The smallest absolute Gasteiger partial charge is 0.332 e. The van der Waals surface area contributed by atoms with Gasteiger partial charge in [-0.1, -0.05) is 15.9 Å². The van der Waals surface area contributed by atoms with E-state index < -0.39 is 32.8 Å².